The predicted molar refractivity (Wildman–Crippen MR) is 64.2 cm³/mol. The molecule has 0 unspecified atom stereocenters. The maximum atomic E-state index is 11.5. The first-order valence-electron chi connectivity index (χ1n) is 4.35. The molecule has 1 aromatic rings. The number of carbonyl (C=O) groups excluding carboxylic acids is 1. The molecule has 1 N–H and O–H groups in total. The minimum atomic E-state index is -3.67. The highest BCUT2D eigenvalue weighted by Gasteiger charge is 2.16. The highest BCUT2D eigenvalue weighted by atomic mass is 32.2. The van der Waals surface area contributed by atoms with E-state index < -0.39 is 15.9 Å². The Labute approximate surface area is 105 Å². The van der Waals surface area contributed by atoms with Gasteiger partial charge in [0.15, 0.2) is 0 Å². The SMILES string of the molecule is C.COc1cc(OC)nc(C(=O)NS(C)(=O)=O)n1. The van der Waals surface area contributed by atoms with Gasteiger partial charge in [-0.25, -0.2) is 13.1 Å². The lowest BCUT2D eigenvalue weighted by Crippen LogP contribution is -2.30. The molecule has 0 saturated carbocycles. The van der Waals surface area contributed by atoms with Gasteiger partial charge in [-0.3, -0.25) is 4.79 Å². The molecule has 0 aliphatic carbocycles. The van der Waals surface area contributed by atoms with Crippen LogP contribution in [0.4, 0.5) is 0 Å². The molecule has 0 aliphatic rings. The van der Waals surface area contributed by atoms with Crippen LogP contribution in [0.1, 0.15) is 18.0 Å². The van der Waals surface area contributed by atoms with Crippen LogP contribution in [0.25, 0.3) is 0 Å². The summed E-state index contributed by atoms with van der Waals surface area (Å²) in [6, 6.07) is 1.36. The van der Waals surface area contributed by atoms with Crippen molar-refractivity contribution in [3.63, 3.8) is 0 Å². The minimum absolute atomic E-state index is 0. The quantitative estimate of drug-likeness (QED) is 0.813. The predicted octanol–water partition coefficient (Wildman–Crippen LogP) is -0.181. The summed E-state index contributed by atoms with van der Waals surface area (Å²) in [4.78, 5) is 18.9. The topological polar surface area (TPSA) is 107 Å². The first kappa shape index (κ1) is 16.1. The van der Waals surface area contributed by atoms with Crippen LogP contribution in [0, 0.1) is 0 Å². The van der Waals surface area contributed by atoms with E-state index in [1.165, 1.54) is 20.3 Å². The second-order valence-electron chi connectivity index (χ2n) is 2.98. The molecule has 9 heteroatoms. The summed E-state index contributed by atoms with van der Waals surface area (Å²) in [6.07, 6.45) is 0.850. The normalized spacial score (nSPS) is 10.2. The lowest BCUT2D eigenvalue weighted by atomic mass is 10.5. The second-order valence-corrected chi connectivity index (χ2v) is 4.73. The zero-order valence-electron chi connectivity index (χ0n) is 9.42. The number of carbonyl (C=O) groups is 1. The Bertz CT molecular complexity index is 507. The van der Waals surface area contributed by atoms with Gasteiger partial charge in [-0.1, -0.05) is 7.43 Å². The number of nitrogens with zero attached hydrogens (tertiary/aromatic N) is 2. The molecule has 0 atom stereocenters. The molecule has 0 aromatic carbocycles. The molecule has 0 fully saturated rings. The Hall–Kier alpha value is -1.90. The van der Waals surface area contributed by atoms with Crippen LogP contribution in [0.3, 0.4) is 0 Å². The van der Waals surface area contributed by atoms with E-state index in [-0.39, 0.29) is 25.0 Å². The van der Waals surface area contributed by atoms with Crippen LogP contribution in [0.2, 0.25) is 0 Å². The van der Waals surface area contributed by atoms with Gasteiger partial charge in [0.25, 0.3) is 0 Å². The van der Waals surface area contributed by atoms with Crippen LogP contribution < -0.4 is 14.2 Å². The zero-order valence-corrected chi connectivity index (χ0v) is 10.2. The Kier molecular flexibility index (Phi) is 5.50. The zero-order chi connectivity index (χ0) is 13.1. The number of sulfonamides is 1. The third kappa shape index (κ3) is 4.53. The van der Waals surface area contributed by atoms with Crippen molar-refractivity contribution in [3.8, 4) is 11.8 Å². The Morgan fingerprint density at radius 1 is 1.22 bits per heavy atom. The van der Waals surface area contributed by atoms with Crippen LogP contribution in [-0.4, -0.2) is 44.8 Å². The number of hydrogen-bond donors (Lipinski definition) is 1. The second kappa shape index (κ2) is 6.15. The molecule has 18 heavy (non-hydrogen) atoms. The highest BCUT2D eigenvalue weighted by molar-refractivity contribution is 7.89. The van der Waals surface area contributed by atoms with Crippen molar-refractivity contribution in [1.29, 1.82) is 0 Å². The summed E-state index contributed by atoms with van der Waals surface area (Å²) in [5.74, 6) is -1.12. The highest BCUT2D eigenvalue weighted by Crippen LogP contribution is 2.14. The standard InChI is InChI=1S/C8H11N3O5S.CH4/c1-15-5-4-6(16-2)10-7(9-5)8(12)11-17(3,13)14;/h4H,1-3H3,(H,11,12);1H4. The summed E-state index contributed by atoms with van der Waals surface area (Å²) in [7, 11) is -0.977. The van der Waals surface area contributed by atoms with Gasteiger partial charge in [0.2, 0.25) is 27.6 Å². The van der Waals surface area contributed by atoms with Crippen molar-refractivity contribution in [2.45, 2.75) is 7.43 Å². The van der Waals surface area contributed by atoms with Crippen molar-refractivity contribution in [3.05, 3.63) is 11.9 Å². The molecule has 0 radical (unpaired) electrons. The lowest BCUT2D eigenvalue weighted by molar-refractivity contribution is 0.0969. The van der Waals surface area contributed by atoms with Gasteiger partial charge in [-0.05, 0) is 0 Å². The van der Waals surface area contributed by atoms with E-state index in [2.05, 4.69) is 9.97 Å². The number of amides is 1. The Morgan fingerprint density at radius 2 is 1.67 bits per heavy atom. The number of nitrogens with one attached hydrogen (secondary N) is 1. The van der Waals surface area contributed by atoms with Gasteiger partial charge in [-0.2, -0.15) is 9.97 Å². The Morgan fingerprint density at radius 3 is 2.00 bits per heavy atom. The number of methoxy groups -OCH3 is 2. The van der Waals surface area contributed by atoms with Gasteiger partial charge in [0.05, 0.1) is 26.5 Å². The third-order valence-corrected chi connectivity index (χ3v) is 2.13. The average molecular weight is 277 g/mol. The van der Waals surface area contributed by atoms with Gasteiger partial charge in [-0.15, -0.1) is 0 Å². The van der Waals surface area contributed by atoms with Gasteiger partial charge >= 0.3 is 5.91 Å². The average Bonchev–Trinajstić information content (AvgIpc) is 2.26. The van der Waals surface area contributed by atoms with Crippen molar-refractivity contribution >= 4 is 15.9 Å². The van der Waals surface area contributed by atoms with Gasteiger partial charge in [0, 0.05) is 0 Å². The molecule has 1 aromatic heterocycles. The molecule has 0 spiro atoms. The molecule has 1 rings (SSSR count). The number of aromatic nitrogens is 2. The van der Waals surface area contributed by atoms with E-state index in [4.69, 9.17) is 9.47 Å². The summed E-state index contributed by atoms with van der Waals surface area (Å²) >= 11 is 0. The van der Waals surface area contributed by atoms with Crippen molar-refractivity contribution in [1.82, 2.24) is 14.7 Å². The number of rotatable bonds is 4. The molecule has 8 nitrogen and oxygen atoms in total. The molecule has 1 amide bonds. The smallest absolute Gasteiger partial charge is 0.302 e. The first-order chi connectivity index (χ1) is 7.85. The van der Waals surface area contributed by atoms with Crippen LogP contribution in [0.15, 0.2) is 6.07 Å². The van der Waals surface area contributed by atoms with Gasteiger partial charge in [0.1, 0.15) is 0 Å². The van der Waals surface area contributed by atoms with Crippen molar-refractivity contribution in [2.75, 3.05) is 20.5 Å². The van der Waals surface area contributed by atoms with E-state index in [0.717, 1.165) is 6.26 Å². The number of hydrogen-bond acceptors (Lipinski definition) is 7. The van der Waals surface area contributed by atoms with Crippen LogP contribution in [-0.2, 0) is 10.0 Å². The molecular weight excluding hydrogens is 262 g/mol. The Balaban J connectivity index is 0.00000289. The molecule has 0 saturated heterocycles. The van der Waals surface area contributed by atoms with E-state index >= 15 is 0 Å². The number of ether oxygens (including phenoxy) is 2. The molecule has 0 aliphatic heterocycles. The summed E-state index contributed by atoms with van der Waals surface area (Å²) in [6.45, 7) is 0. The van der Waals surface area contributed by atoms with Crippen molar-refractivity contribution in [2.24, 2.45) is 0 Å². The molecule has 102 valence electrons. The fourth-order valence-electron chi connectivity index (χ4n) is 0.929. The van der Waals surface area contributed by atoms with Crippen LogP contribution >= 0.6 is 0 Å². The molecule has 0 bridgehead atoms. The summed E-state index contributed by atoms with van der Waals surface area (Å²) < 4.78 is 33.1. The summed E-state index contributed by atoms with van der Waals surface area (Å²) in [5.41, 5.74) is 0. The fraction of sp³-hybridized carbons (Fsp3) is 0.444. The third-order valence-electron chi connectivity index (χ3n) is 1.58. The van der Waals surface area contributed by atoms with E-state index in [1.807, 2.05) is 0 Å². The maximum absolute atomic E-state index is 11.5. The maximum Gasteiger partial charge on any atom is 0.302 e. The van der Waals surface area contributed by atoms with Crippen molar-refractivity contribution < 1.29 is 22.7 Å². The van der Waals surface area contributed by atoms with E-state index in [1.54, 1.807) is 4.72 Å². The monoisotopic (exact) mass is 277 g/mol. The summed E-state index contributed by atoms with van der Waals surface area (Å²) in [5, 5.41) is 0. The van der Waals surface area contributed by atoms with E-state index in [9.17, 15) is 13.2 Å². The van der Waals surface area contributed by atoms with E-state index in [0.29, 0.717) is 0 Å². The first-order valence-corrected chi connectivity index (χ1v) is 6.24. The fourth-order valence-corrected chi connectivity index (χ4v) is 1.36. The molecular formula is C9H15N3O5S. The largest absolute Gasteiger partial charge is 0.481 e. The molecule has 1 heterocycles. The minimum Gasteiger partial charge on any atom is -0.481 e. The van der Waals surface area contributed by atoms with Gasteiger partial charge < -0.3 is 9.47 Å². The lowest BCUT2D eigenvalue weighted by Gasteiger charge is -2.05. The van der Waals surface area contributed by atoms with Crippen LogP contribution in [0.5, 0.6) is 11.8 Å².